The highest BCUT2D eigenvalue weighted by Crippen LogP contribution is 2.15. The van der Waals surface area contributed by atoms with Gasteiger partial charge in [-0.1, -0.05) is 18.2 Å². The predicted molar refractivity (Wildman–Crippen MR) is 80.8 cm³/mol. The summed E-state index contributed by atoms with van der Waals surface area (Å²) in [7, 11) is 0. The quantitative estimate of drug-likeness (QED) is 0.930. The summed E-state index contributed by atoms with van der Waals surface area (Å²) in [5.41, 5.74) is 0.703. The molecule has 0 aliphatic heterocycles. The van der Waals surface area contributed by atoms with Crippen molar-refractivity contribution in [2.45, 2.75) is 45.9 Å². The van der Waals surface area contributed by atoms with Crippen LogP contribution in [0.25, 0.3) is 10.9 Å². The Bertz CT molecular complexity index is 596. The van der Waals surface area contributed by atoms with E-state index < -0.39 is 5.60 Å². The van der Waals surface area contributed by atoms with Crippen molar-refractivity contribution in [2.24, 2.45) is 0 Å². The Balaban J connectivity index is 1.98. The van der Waals surface area contributed by atoms with Gasteiger partial charge in [-0.15, -0.1) is 0 Å². The van der Waals surface area contributed by atoms with Gasteiger partial charge >= 0.3 is 6.09 Å². The molecule has 0 unspecified atom stereocenters. The van der Waals surface area contributed by atoms with Gasteiger partial charge in [0.15, 0.2) is 0 Å². The number of benzene rings is 1. The van der Waals surface area contributed by atoms with E-state index in [0.717, 1.165) is 0 Å². The lowest BCUT2D eigenvalue weighted by Gasteiger charge is -2.22. The second-order valence-electron chi connectivity index (χ2n) is 6.07. The van der Waals surface area contributed by atoms with Gasteiger partial charge in [-0.3, -0.25) is 0 Å². The van der Waals surface area contributed by atoms with Crippen molar-refractivity contribution in [2.75, 3.05) is 0 Å². The topological polar surface area (TPSA) is 43.3 Å². The van der Waals surface area contributed by atoms with Crippen LogP contribution < -0.4 is 5.32 Å². The molecule has 1 amide bonds. The van der Waals surface area contributed by atoms with Gasteiger partial charge < -0.3 is 14.6 Å². The van der Waals surface area contributed by atoms with E-state index in [1.54, 1.807) is 0 Å². The van der Waals surface area contributed by atoms with Gasteiger partial charge in [-0.2, -0.15) is 0 Å². The smallest absolute Gasteiger partial charge is 0.407 e. The Kier molecular flexibility index (Phi) is 4.02. The minimum Gasteiger partial charge on any atom is -0.444 e. The van der Waals surface area contributed by atoms with E-state index in [4.69, 9.17) is 4.74 Å². The van der Waals surface area contributed by atoms with Crippen LogP contribution in [0.4, 0.5) is 4.79 Å². The summed E-state index contributed by atoms with van der Waals surface area (Å²) in [4.78, 5) is 11.7. The van der Waals surface area contributed by atoms with Crippen LogP contribution in [0.15, 0.2) is 36.5 Å². The number of nitrogens with one attached hydrogen (secondary N) is 1. The summed E-state index contributed by atoms with van der Waals surface area (Å²) in [6, 6.07) is 10.3. The summed E-state index contributed by atoms with van der Waals surface area (Å²) in [5, 5.41) is 4.06. The Morgan fingerprint density at radius 2 is 2.00 bits per heavy atom. The molecule has 20 heavy (non-hydrogen) atoms. The molecule has 1 N–H and O–H groups in total. The van der Waals surface area contributed by atoms with Crippen LogP contribution in [0.1, 0.15) is 27.7 Å². The van der Waals surface area contributed by atoms with Crippen LogP contribution in [0.3, 0.4) is 0 Å². The maximum atomic E-state index is 11.7. The number of rotatable bonds is 3. The van der Waals surface area contributed by atoms with Crippen LogP contribution in [0.5, 0.6) is 0 Å². The Hall–Kier alpha value is -1.97. The number of amides is 1. The molecular formula is C16H22N2O2. The first-order chi connectivity index (χ1) is 9.35. The fourth-order valence-corrected chi connectivity index (χ4v) is 2.15. The zero-order chi connectivity index (χ0) is 14.8. The molecule has 1 atom stereocenters. The highest BCUT2D eigenvalue weighted by Gasteiger charge is 2.17. The highest BCUT2D eigenvalue weighted by atomic mass is 16.6. The van der Waals surface area contributed by atoms with E-state index in [-0.39, 0.29) is 12.1 Å². The van der Waals surface area contributed by atoms with Crippen LogP contribution in [-0.4, -0.2) is 22.3 Å². The van der Waals surface area contributed by atoms with Gasteiger partial charge in [0.05, 0.1) is 0 Å². The molecule has 1 heterocycles. The molecule has 1 aromatic heterocycles. The molecule has 0 bridgehead atoms. The largest absolute Gasteiger partial charge is 0.444 e. The van der Waals surface area contributed by atoms with E-state index in [1.165, 1.54) is 10.9 Å². The van der Waals surface area contributed by atoms with E-state index in [9.17, 15) is 4.79 Å². The van der Waals surface area contributed by atoms with Gasteiger partial charge in [-0.25, -0.2) is 4.79 Å². The van der Waals surface area contributed by atoms with E-state index in [2.05, 4.69) is 28.1 Å². The van der Waals surface area contributed by atoms with Gasteiger partial charge in [0.2, 0.25) is 0 Å². The maximum Gasteiger partial charge on any atom is 0.407 e. The fraction of sp³-hybridized carbons (Fsp3) is 0.438. The molecule has 2 aromatic rings. The second kappa shape index (κ2) is 5.57. The van der Waals surface area contributed by atoms with Crippen molar-refractivity contribution < 1.29 is 9.53 Å². The van der Waals surface area contributed by atoms with Crippen molar-refractivity contribution in [3.8, 4) is 0 Å². The lowest BCUT2D eigenvalue weighted by atomic mass is 10.2. The predicted octanol–water partition coefficient (Wildman–Crippen LogP) is 3.55. The number of carbonyl (C=O) groups is 1. The SMILES string of the molecule is C[C@@H](Cn1ccc2ccccc21)NC(=O)OC(C)(C)C. The van der Waals surface area contributed by atoms with Crippen molar-refractivity contribution in [3.05, 3.63) is 36.5 Å². The molecule has 0 aliphatic carbocycles. The molecule has 0 saturated heterocycles. The molecule has 0 spiro atoms. The first-order valence-electron chi connectivity index (χ1n) is 6.88. The summed E-state index contributed by atoms with van der Waals surface area (Å²) in [6.45, 7) is 8.26. The summed E-state index contributed by atoms with van der Waals surface area (Å²) >= 11 is 0. The Morgan fingerprint density at radius 3 is 2.70 bits per heavy atom. The van der Waals surface area contributed by atoms with E-state index in [1.807, 2.05) is 46.0 Å². The minimum absolute atomic E-state index is 0.000608. The van der Waals surface area contributed by atoms with Crippen molar-refractivity contribution in [1.82, 2.24) is 9.88 Å². The van der Waals surface area contributed by atoms with Crippen LogP contribution in [0.2, 0.25) is 0 Å². The average Bonchev–Trinajstić information content (AvgIpc) is 2.70. The van der Waals surface area contributed by atoms with Gasteiger partial charge in [-0.05, 0) is 45.2 Å². The number of aromatic nitrogens is 1. The molecule has 0 fully saturated rings. The highest BCUT2D eigenvalue weighted by molar-refractivity contribution is 5.79. The van der Waals surface area contributed by atoms with Crippen molar-refractivity contribution in [1.29, 1.82) is 0 Å². The van der Waals surface area contributed by atoms with Crippen LogP contribution in [0, 0.1) is 0 Å². The first-order valence-corrected chi connectivity index (χ1v) is 6.88. The molecule has 1 aromatic carbocycles. The van der Waals surface area contributed by atoms with Crippen molar-refractivity contribution in [3.63, 3.8) is 0 Å². The number of fused-ring (bicyclic) bond motifs is 1. The lowest BCUT2D eigenvalue weighted by molar-refractivity contribution is 0.0504. The normalized spacial score (nSPS) is 13.2. The number of carbonyl (C=O) groups excluding carboxylic acids is 1. The van der Waals surface area contributed by atoms with Gasteiger partial charge in [0.25, 0.3) is 0 Å². The van der Waals surface area contributed by atoms with Gasteiger partial charge in [0, 0.05) is 24.3 Å². The molecule has 0 aliphatic rings. The van der Waals surface area contributed by atoms with Crippen LogP contribution in [-0.2, 0) is 11.3 Å². The number of hydrogen-bond acceptors (Lipinski definition) is 2. The molecule has 108 valence electrons. The third-order valence-corrected chi connectivity index (χ3v) is 2.91. The monoisotopic (exact) mass is 274 g/mol. The zero-order valence-electron chi connectivity index (χ0n) is 12.5. The van der Waals surface area contributed by atoms with Crippen LogP contribution >= 0.6 is 0 Å². The first kappa shape index (κ1) is 14.4. The Morgan fingerprint density at radius 1 is 1.30 bits per heavy atom. The number of hydrogen-bond donors (Lipinski definition) is 1. The van der Waals surface area contributed by atoms with E-state index >= 15 is 0 Å². The van der Waals surface area contributed by atoms with E-state index in [0.29, 0.717) is 6.54 Å². The molecule has 4 nitrogen and oxygen atoms in total. The molecule has 0 radical (unpaired) electrons. The lowest BCUT2D eigenvalue weighted by Crippen LogP contribution is -2.39. The number of nitrogens with zero attached hydrogens (tertiary/aromatic N) is 1. The number of alkyl carbamates (subject to hydrolysis) is 1. The summed E-state index contributed by atoms with van der Waals surface area (Å²) < 4.78 is 7.39. The summed E-state index contributed by atoms with van der Waals surface area (Å²) in [6.07, 6.45) is 1.67. The second-order valence-corrected chi connectivity index (χ2v) is 6.07. The van der Waals surface area contributed by atoms with Gasteiger partial charge in [0.1, 0.15) is 5.60 Å². The molecule has 0 saturated carbocycles. The Labute approximate surface area is 119 Å². The average molecular weight is 274 g/mol. The molecule has 4 heteroatoms. The number of ether oxygens (including phenoxy) is 1. The minimum atomic E-state index is -0.468. The van der Waals surface area contributed by atoms with Crippen molar-refractivity contribution >= 4 is 17.0 Å². The maximum absolute atomic E-state index is 11.7. The summed E-state index contributed by atoms with van der Waals surface area (Å²) in [5.74, 6) is 0. The standard InChI is InChI=1S/C16H22N2O2/c1-12(17-15(19)20-16(2,3)4)11-18-10-9-13-7-5-6-8-14(13)18/h5-10,12H,11H2,1-4H3,(H,17,19)/t12-/m0/s1. The number of para-hydroxylation sites is 1. The zero-order valence-corrected chi connectivity index (χ0v) is 12.5. The fourth-order valence-electron chi connectivity index (χ4n) is 2.15. The third-order valence-electron chi connectivity index (χ3n) is 2.91. The molecular weight excluding hydrogens is 252 g/mol. The third kappa shape index (κ3) is 3.76. The molecule has 2 rings (SSSR count).